The summed E-state index contributed by atoms with van der Waals surface area (Å²) in [7, 11) is 0. The van der Waals surface area contributed by atoms with Crippen molar-refractivity contribution in [2.45, 2.75) is 52.0 Å². The van der Waals surface area contributed by atoms with Gasteiger partial charge in [-0.2, -0.15) is 0 Å². The van der Waals surface area contributed by atoms with Crippen LogP contribution in [0.5, 0.6) is 0 Å². The summed E-state index contributed by atoms with van der Waals surface area (Å²) in [5.74, 6) is 1.10. The number of carbonyl (C=O) groups excluding carboxylic acids is 1. The maximum atomic E-state index is 11.2. The molecule has 0 heterocycles. The third-order valence-electron chi connectivity index (χ3n) is 3.13. The number of hydrogen-bond donors (Lipinski definition) is 2. The highest BCUT2D eigenvalue weighted by atomic mass is 16.1. The molecule has 3 nitrogen and oxygen atoms in total. The molecule has 0 spiro atoms. The molecule has 0 aromatic heterocycles. The van der Waals surface area contributed by atoms with Gasteiger partial charge in [0.15, 0.2) is 0 Å². The van der Waals surface area contributed by atoms with Crippen LogP contribution < -0.4 is 10.6 Å². The van der Waals surface area contributed by atoms with Gasteiger partial charge in [-0.15, -0.1) is 0 Å². The van der Waals surface area contributed by atoms with Crippen LogP contribution in [0.3, 0.4) is 0 Å². The minimum Gasteiger partial charge on any atom is -0.356 e. The molecule has 0 aromatic rings. The molecule has 0 bridgehead atoms. The Morgan fingerprint density at radius 1 is 1.47 bits per heavy atom. The van der Waals surface area contributed by atoms with E-state index in [-0.39, 0.29) is 5.91 Å². The second-order valence-corrected chi connectivity index (χ2v) is 4.59. The van der Waals surface area contributed by atoms with Gasteiger partial charge < -0.3 is 10.6 Å². The Morgan fingerprint density at radius 2 is 2.20 bits per heavy atom. The molecule has 1 atom stereocenters. The lowest BCUT2D eigenvalue weighted by Crippen LogP contribution is -2.34. The molecule has 0 aliphatic heterocycles. The first-order valence-electron chi connectivity index (χ1n) is 6.22. The van der Waals surface area contributed by atoms with Crippen molar-refractivity contribution in [3.05, 3.63) is 0 Å². The van der Waals surface area contributed by atoms with E-state index in [0.717, 1.165) is 19.0 Å². The second kappa shape index (κ2) is 6.83. The molecule has 88 valence electrons. The fraction of sp³-hybridized carbons (Fsp3) is 0.917. The first-order chi connectivity index (χ1) is 7.22. The van der Waals surface area contributed by atoms with Crippen molar-refractivity contribution in [2.75, 3.05) is 13.1 Å². The lowest BCUT2D eigenvalue weighted by Gasteiger charge is -2.28. The standard InChI is InChI=1S/C12H24N2O/c1-3-13-12(15)7-8-14-10(2)9-11-5-4-6-11/h10-11,14H,3-9H2,1-2H3,(H,13,15). The minimum absolute atomic E-state index is 0.154. The van der Waals surface area contributed by atoms with Crippen molar-refractivity contribution in [3.8, 4) is 0 Å². The average Bonchev–Trinajstić information content (AvgIpc) is 2.12. The highest BCUT2D eigenvalue weighted by Crippen LogP contribution is 2.30. The van der Waals surface area contributed by atoms with Gasteiger partial charge in [-0.25, -0.2) is 0 Å². The Hall–Kier alpha value is -0.570. The van der Waals surface area contributed by atoms with Crippen molar-refractivity contribution in [3.63, 3.8) is 0 Å². The maximum absolute atomic E-state index is 11.2. The smallest absolute Gasteiger partial charge is 0.221 e. The van der Waals surface area contributed by atoms with Gasteiger partial charge in [-0.05, 0) is 26.2 Å². The molecule has 0 radical (unpaired) electrons. The zero-order chi connectivity index (χ0) is 11.1. The highest BCUT2D eigenvalue weighted by Gasteiger charge is 2.19. The summed E-state index contributed by atoms with van der Waals surface area (Å²) in [4.78, 5) is 11.2. The molecule has 1 aliphatic rings. The monoisotopic (exact) mass is 212 g/mol. The van der Waals surface area contributed by atoms with Crippen LogP contribution in [-0.4, -0.2) is 25.0 Å². The van der Waals surface area contributed by atoms with Crippen LogP contribution in [-0.2, 0) is 4.79 Å². The summed E-state index contributed by atoms with van der Waals surface area (Å²) >= 11 is 0. The van der Waals surface area contributed by atoms with Crippen molar-refractivity contribution in [1.29, 1.82) is 0 Å². The summed E-state index contributed by atoms with van der Waals surface area (Å²) in [6, 6.07) is 0.560. The molecule has 1 unspecified atom stereocenters. The fourth-order valence-electron chi connectivity index (χ4n) is 2.03. The van der Waals surface area contributed by atoms with Gasteiger partial charge in [0.1, 0.15) is 0 Å². The molecule has 2 N–H and O–H groups in total. The maximum Gasteiger partial charge on any atom is 0.221 e. The number of amides is 1. The van der Waals surface area contributed by atoms with E-state index in [4.69, 9.17) is 0 Å². The molecular formula is C12H24N2O. The molecule has 1 amide bonds. The van der Waals surface area contributed by atoms with E-state index in [1.54, 1.807) is 0 Å². The molecule has 1 saturated carbocycles. The first-order valence-corrected chi connectivity index (χ1v) is 6.22. The van der Waals surface area contributed by atoms with Crippen LogP contribution in [0.15, 0.2) is 0 Å². The number of hydrogen-bond acceptors (Lipinski definition) is 2. The summed E-state index contributed by atoms with van der Waals surface area (Å²) in [6.07, 6.45) is 6.10. The number of nitrogens with one attached hydrogen (secondary N) is 2. The molecule has 1 fully saturated rings. The Kier molecular flexibility index (Phi) is 5.69. The van der Waals surface area contributed by atoms with Crippen molar-refractivity contribution >= 4 is 5.91 Å². The van der Waals surface area contributed by atoms with E-state index in [9.17, 15) is 4.79 Å². The van der Waals surface area contributed by atoms with E-state index in [1.165, 1.54) is 25.7 Å². The second-order valence-electron chi connectivity index (χ2n) is 4.59. The predicted molar refractivity (Wildman–Crippen MR) is 62.7 cm³/mol. The summed E-state index contributed by atoms with van der Waals surface area (Å²) in [5, 5.41) is 6.21. The normalized spacial score (nSPS) is 18.3. The van der Waals surface area contributed by atoms with Crippen LogP contribution in [0.4, 0.5) is 0 Å². The third kappa shape index (κ3) is 5.17. The topological polar surface area (TPSA) is 41.1 Å². The van der Waals surface area contributed by atoms with Crippen LogP contribution in [0, 0.1) is 5.92 Å². The Bertz CT molecular complexity index is 190. The molecule has 15 heavy (non-hydrogen) atoms. The Labute approximate surface area is 93.0 Å². The van der Waals surface area contributed by atoms with Gasteiger partial charge in [0.25, 0.3) is 0 Å². The van der Waals surface area contributed by atoms with Gasteiger partial charge in [0, 0.05) is 25.6 Å². The molecule has 1 aliphatic carbocycles. The Morgan fingerprint density at radius 3 is 2.73 bits per heavy atom. The molecule has 0 aromatic carbocycles. The highest BCUT2D eigenvalue weighted by molar-refractivity contribution is 5.75. The average molecular weight is 212 g/mol. The van der Waals surface area contributed by atoms with Crippen LogP contribution in [0.1, 0.15) is 46.0 Å². The molecule has 1 rings (SSSR count). The van der Waals surface area contributed by atoms with E-state index >= 15 is 0 Å². The van der Waals surface area contributed by atoms with Crippen molar-refractivity contribution < 1.29 is 4.79 Å². The first kappa shape index (κ1) is 12.5. The van der Waals surface area contributed by atoms with E-state index in [0.29, 0.717) is 12.5 Å². The molecule has 3 heteroatoms. The minimum atomic E-state index is 0.154. The Balaban J connectivity index is 1.95. The number of carbonyl (C=O) groups is 1. The summed E-state index contributed by atoms with van der Waals surface area (Å²) in [5.41, 5.74) is 0. The zero-order valence-electron chi connectivity index (χ0n) is 10.0. The number of rotatable bonds is 7. The molecular weight excluding hydrogens is 188 g/mol. The summed E-state index contributed by atoms with van der Waals surface area (Å²) in [6.45, 7) is 5.71. The zero-order valence-corrected chi connectivity index (χ0v) is 10.0. The predicted octanol–water partition coefficient (Wildman–Crippen LogP) is 1.68. The largest absolute Gasteiger partial charge is 0.356 e. The lowest BCUT2D eigenvalue weighted by atomic mass is 9.81. The van der Waals surface area contributed by atoms with Crippen molar-refractivity contribution in [1.82, 2.24) is 10.6 Å². The van der Waals surface area contributed by atoms with Crippen LogP contribution in [0.2, 0.25) is 0 Å². The summed E-state index contributed by atoms with van der Waals surface area (Å²) < 4.78 is 0. The SMILES string of the molecule is CCNC(=O)CCNC(C)CC1CCC1. The van der Waals surface area contributed by atoms with Crippen LogP contribution >= 0.6 is 0 Å². The van der Waals surface area contributed by atoms with Crippen molar-refractivity contribution in [2.24, 2.45) is 5.92 Å². The third-order valence-corrected chi connectivity index (χ3v) is 3.13. The molecule has 0 saturated heterocycles. The van der Waals surface area contributed by atoms with E-state index in [1.807, 2.05) is 6.92 Å². The van der Waals surface area contributed by atoms with Gasteiger partial charge in [-0.1, -0.05) is 19.3 Å². The fourth-order valence-corrected chi connectivity index (χ4v) is 2.03. The van der Waals surface area contributed by atoms with Crippen LogP contribution in [0.25, 0.3) is 0 Å². The lowest BCUT2D eigenvalue weighted by molar-refractivity contribution is -0.120. The van der Waals surface area contributed by atoms with Gasteiger partial charge in [-0.3, -0.25) is 4.79 Å². The van der Waals surface area contributed by atoms with Gasteiger partial charge in [0.05, 0.1) is 0 Å². The van der Waals surface area contributed by atoms with E-state index < -0.39 is 0 Å². The quantitative estimate of drug-likeness (QED) is 0.674. The van der Waals surface area contributed by atoms with Gasteiger partial charge in [0.2, 0.25) is 5.91 Å². The van der Waals surface area contributed by atoms with Gasteiger partial charge >= 0.3 is 0 Å². The van der Waals surface area contributed by atoms with E-state index in [2.05, 4.69) is 17.6 Å².